The number of aryl methyl sites for hydroxylation is 1. The minimum absolute atomic E-state index is 0.0890. The Labute approximate surface area is 211 Å². The zero-order chi connectivity index (χ0) is 26.7. The number of carboxylic acid groups (broad SMARTS) is 1. The third-order valence-corrected chi connectivity index (χ3v) is 7.58. The molecule has 1 N–H and O–H groups in total. The Balaban J connectivity index is 0.000000454. The molecule has 4 heterocycles. The molecule has 2 aliphatic heterocycles. The van der Waals surface area contributed by atoms with Crippen LogP contribution in [0.4, 0.5) is 19.0 Å². The second-order valence-electron chi connectivity index (χ2n) is 9.21. The van der Waals surface area contributed by atoms with Gasteiger partial charge >= 0.3 is 12.1 Å². The van der Waals surface area contributed by atoms with Gasteiger partial charge in [-0.05, 0) is 48.9 Å². The van der Waals surface area contributed by atoms with E-state index >= 15 is 0 Å². The van der Waals surface area contributed by atoms with Crippen LogP contribution in [0.1, 0.15) is 28.1 Å². The van der Waals surface area contributed by atoms with E-state index in [1.165, 1.54) is 11.3 Å². The van der Waals surface area contributed by atoms with E-state index in [4.69, 9.17) is 9.90 Å². The Bertz CT molecular complexity index is 1090. The van der Waals surface area contributed by atoms with Gasteiger partial charge in [-0.1, -0.05) is 6.07 Å². The molecule has 196 valence electrons. The van der Waals surface area contributed by atoms with Crippen LogP contribution >= 0.6 is 11.3 Å². The van der Waals surface area contributed by atoms with Gasteiger partial charge < -0.3 is 19.8 Å². The van der Waals surface area contributed by atoms with Gasteiger partial charge in [-0.2, -0.15) is 13.2 Å². The topological polar surface area (TPSA) is 94.1 Å². The average molecular weight is 527 g/mol. The van der Waals surface area contributed by atoms with E-state index in [2.05, 4.69) is 9.88 Å². The van der Waals surface area contributed by atoms with Crippen molar-refractivity contribution >= 4 is 34.9 Å². The number of alkyl halides is 3. The van der Waals surface area contributed by atoms with Crippen molar-refractivity contribution in [3.8, 4) is 0 Å². The first-order chi connectivity index (χ1) is 16.9. The summed E-state index contributed by atoms with van der Waals surface area (Å²) >= 11 is 1.50. The molecule has 2 atom stereocenters. The van der Waals surface area contributed by atoms with Crippen LogP contribution in [0.5, 0.6) is 0 Å². The maximum Gasteiger partial charge on any atom is 0.490 e. The summed E-state index contributed by atoms with van der Waals surface area (Å²) in [4.78, 5) is 46.7. The van der Waals surface area contributed by atoms with Gasteiger partial charge in [-0.15, -0.1) is 11.3 Å². The zero-order valence-electron chi connectivity index (χ0n) is 20.3. The number of rotatable bonds is 3. The van der Waals surface area contributed by atoms with E-state index in [-0.39, 0.29) is 17.7 Å². The lowest BCUT2D eigenvalue weighted by molar-refractivity contribution is -0.192. The fourth-order valence-electron chi connectivity index (χ4n) is 4.86. The lowest BCUT2D eigenvalue weighted by Crippen LogP contribution is -2.47. The number of halogens is 3. The number of thiophene rings is 1. The predicted octanol–water partition coefficient (Wildman–Crippen LogP) is 3.53. The Morgan fingerprint density at radius 2 is 1.89 bits per heavy atom. The minimum atomic E-state index is -5.08. The van der Waals surface area contributed by atoms with Gasteiger partial charge in [0.25, 0.3) is 5.91 Å². The zero-order valence-corrected chi connectivity index (χ0v) is 21.1. The number of aliphatic carboxylic acids is 1. The van der Waals surface area contributed by atoms with Crippen molar-refractivity contribution in [3.63, 3.8) is 0 Å². The second-order valence-corrected chi connectivity index (χ2v) is 10.1. The van der Waals surface area contributed by atoms with E-state index < -0.39 is 17.6 Å². The summed E-state index contributed by atoms with van der Waals surface area (Å²) < 4.78 is 31.7. The number of fused-ring (bicyclic) bond motifs is 1. The van der Waals surface area contributed by atoms with Gasteiger partial charge in [-0.3, -0.25) is 9.59 Å². The molecule has 0 spiro atoms. The number of hydrogen-bond acceptors (Lipinski definition) is 6. The summed E-state index contributed by atoms with van der Waals surface area (Å²) in [6.07, 6.45) is -1.66. The molecule has 4 rings (SSSR count). The van der Waals surface area contributed by atoms with Gasteiger partial charge in [0.1, 0.15) is 5.82 Å². The normalized spacial score (nSPS) is 21.7. The van der Waals surface area contributed by atoms with Gasteiger partial charge in [0.05, 0.1) is 10.3 Å². The Morgan fingerprint density at radius 3 is 2.42 bits per heavy atom. The third kappa shape index (κ3) is 5.80. The highest BCUT2D eigenvalue weighted by Gasteiger charge is 2.54. The van der Waals surface area contributed by atoms with Crippen LogP contribution in [0.15, 0.2) is 35.8 Å². The molecule has 0 aliphatic carbocycles. The summed E-state index contributed by atoms with van der Waals surface area (Å²) in [5, 5.41) is 9.10. The molecule has 0 saturated carbocycles. The number of carbonyl (C=O) groups is 3. The van der Waals surface area contributed by atoms with Crippen molar-refractivity contribution in [3.05, 3.63) is 46.3 Å². The molecule has 2 aromatic heterocycles. The standard InChI is InChI=1S/C22H28N4O2S.C2HF3O2/c1-16-8-12-29-19(16)20(27)25-11-6-9-22(21(28)24(2)3)15-26(14-17(22)13-25)18-7-4-5-10-23-18;3-2(4,5)1(6)7/h4-5,7-8,10,12,17H,6,9,11,13-15H2,1-3H3;(H,6,7)/t17-,22-;/m0./s1. The van der Waals surface area contributed by atoms with E-state index in [1.54, 1.807) is 11.1 Å². The van der Waals surface area contributed by atoms with Crippen LogP contribution in [-0.2, 0) is 9.59 Å². The van der Waals surface area contributed by atoms with Crippen molar-refractivity contribution in [1.82, 2.24) is 14.8 Å². The number of carbonyl (C=O) groups excluding carboxylic acids is 2. The number of likely N-dealkylation sites (tertiary alicyclic amines) is 1. The lowest BCUT2D eigenvalue weighted by Gasteiger charge is -2.34. The molecule has 0 aromatic carbocycles. The first kappa shape index (κ1) is 27.4. The van der Waals surface area contributed by atoms with Gasteiger partial charge in [0.15, 0.2) is 0 Å². The molecule has 0 bridgehead atoms. The van der Waals surface area contributed by atoms with Crippen molar-refractivity contribution in [2.45, 2.75) is 25.9 Å². The Hall–Kier alpha value is -3.15. The minimum Gasteiger partial charge on any atom is -0.475 e. The number of pyridine rings is 1. The first-order valence-electron chi connectivity index (χ1n) is 11.4. The quantitative estimate of drug-likeness (QED) is 0.658. The Morgan fingerprint density at radius 1 is 1.19 bits per heavy atom. The van der Waals surface area contributed by atoms with E-state index in [0.29, 0.717) is 19.6 Å². The summed E-state index contributed by atoms with van der Waals surface area (Å²) in [6, 6.07) is 7.87. The lowest BCUT2D eigenvalue weighted by atomic mass is 9.74. The molecule has 2 amide bonds. The largest absolute Gasteiger partial charge is 0.490 e. The smallest absolute Gasteiger partial charge is 0.475 e. The van der Waals surface area contributed by atoms with Crippen molar-refractivity contribution in [1.29, 1.82) is 0 Å². The molecule has 0 unspecified atom stereocenters. The number of anilines is 1. The average Bonchev–Trinajstić information content (AvgIpc) is 3.37. The van der Waals surface area contributed by atoms with E-state index in [9.17, 15) is 22.8 Å². The Kier molecular flexibility index (Phi) is 8.27. The number of amides is 2. The maximum absolute atomic E-state index is 13.4. The number of carboxylic acids is 1. The third-order valence-electron chi connectivity index (χ3n) is 6.58. The van der Waals surface area contributed by atoms with Crippen LogP contribution in [0.2, 0.25) is 0 Å². The van der Waals surface area contributed by atoms with Crippen LogP contribution in [0.25, 0.3) is 0 Å². The van der Waals surface area contributed by atoms with Gasteiger partial charge in [-0.25, -0.2) is 9.78 Å². The number of nitrogens with zero attached hydrogens (tertiary/aromatic N) is 4. The molecule has 2 aromatic rings. The van der Waals surface area contributed by atoms with Gasteiger partial charge in [0, 0.05) is 52.4 Å². The van der Waals surface area contributed by atoms with Crippen molar-refractivity contribution in [2.24, 2.45) is 11.3 Å². The van der Waals surface area contributed by atoms with Crippen molar-refractivity contribution in [2.75, 3.05) is 45.2 Å². The molecule has 2 saturated heterocycles. The van der Waals surface area contributed by atoms with Crippen LogP contribution < -0.4 is 4.90 Å². The SMILES string of the molecule is Cc1ccsc1C(=O)N1CCC[C@]2(C(=O)N(C)C)CN(c3ccccn3)C[C@@H]2C1.O=C(O)C(F)(F)F. The number of hydrogen-bond donors (Lipinski definition) is 1. The first-order valence-corrected chi connectivity index (χ1v) is 12.3. The van der Waals surface area contributed by atoms with E-state index in [1.807, 2.05) is 55.6 Å². The molecule has 8 nitrogen and oxygen atoms in total. The fourth-order valence-corrected chi connectivity index (χ4v) is 5.76. The highest BCUT2D eigenvalue weighted by atomic mass is 32.1. The van der Waals surface area contributed by atoms with Gasteiger partial charge in [0.2, 0.25) is 5.91 Å². The number of aromatic nitrogens is 1. The molecule has 2 fully saturated rings. The van der Waals surface area contributed by atoms with Crippen molar-refractivity contribution < 1.29 is 32.7 Å². The molecular formula is C24H29F3N4O4S. The second kappa shape index (κ2) is 10.9. The summed E-state index contributed by atoms with van der Waals surface area (Å²) in [5.41, 5.74) is 0.557. The fraction of sp³-hybridized carbons (Fsp3) is 0.500. The van der Waals surface area contributed by atoms with Crippen LogP contribution in [0, 0.1) is 18.3 Å². The molecular weight excluding hydrogens is 497 g/mol. The summed E-state index contributed by atoms with van der Waals surface area (Å²) in [6.45, 7) is 4.70. The highest BCUT2D eigenvalue weighted by molar-refractivity contribution is 7.12. The molecule has 0 radical (unpaired) electrons. The summed E-state index contributed by atoms with van der Waals surface area (Å²) in [7, 11) is 3.67. The predicted molar refractivity (Wildman–Crippen MR) is 129 cm³/mol. The van der Waals surface area contributed by atoms with Crippen LogP contribution in [0.3, 0.4) is 0 Å². The molecule has 36 heavy (non-hydrogen) atoms. The monoisotopic (exact) mass is 526 g/mol. The highest BCUT2D eigenvalue weighted by Crippen LogP contribution is 2.45. The molecule has 2 aliphatic rings. The maximum atomic E-state index is 13.4. The summed E-state index contributed by atoms with van der Waals surface area (Å²) in [5.74, 6) is -1.50. The van der Waals surface area contributed by atoms with Crippen LogP contribution in [-0.4, -0.2) is 84.1 Å². The van der Waals surface area contributed by atoms with E-state index in [0.717, 1.165) is 35.6 Å². The molecule has 12 heteroatoms.